The fraction of sp³-hybridized carbons (Fsp3) is 0.188. The molecule has 118 valence electrons. The van der Waals surface area contributed by atoms with Gasteiger partial charge in [0, 0.05) is 5.69 Å². The maximum Gasteiger partial charge on any atom is 0.332 e. The number of urea groups is 1. The molecule has 4 amide bonds. The van der Waals surface area contributed by atoms with Crippen molar-refractivity contribution in [1.82, 2.24) is 10.2 Å². The smallest absolute Gasteiger partial charge is 0.332 e. The SMILES string of the molecule is O=C(CN1C(=O)CN(c2ccccc2)C1=O)NCc1ccco1. The van der Waals surface area contributed by atoms with Gasteiger partial charge in [0.1, 0.15) is 18.8 Å². The van der Waals surface area contributed by atoms with Gasteiger partial charge in [0.25, 0.3) is 5.91 Å². The van der Waals surface area contributed by atoms with Crippen LogP contribution in [0.1, 0.15) is 5.76 Å². The highest BCUT2D eigenvalue weighted by Gasteiger charge is 2.37. The highest BCUT2D eigenvalue weighted by atomic mass is 16.3. The van der Waals surface area contributed by atoms with Crippen LogP contribution in [0.4, 0.5) is 10.5 Å². The van der Waals surface area contributed by atoms with Gasteiger partial charge in [-0.3, -0.25) is 19.4 Å². The van der Waals surface area contributed by atoms with Crippen molar-refractivity contribution >= 4 is 23.5 Å². The molecule has 0 bridgehead atoms. The first kappa shape index (κ1) is 14.8. The quantitative estimate of drug-likeness (QED) is 0.845. The van der Waals surface area contributed by atoms with Crippen molar-refractivity contribution in [2.75, 3.05) is 18.0 Å². The third-order valence-corrected chi connectivity index (χ3v) is 3.47. The molecule has 23 heavy (non-hydrogen) atoms. The van der Waals surface area contributed by atoms with E-state index < -0.39 is 17.8 Å². The van der Waals surface area contributed by atoms with Crippen molar-refractivity contribution < 1.29 is 18.8 Å². The Morgan fingerprint density at radius 2 is 1.91 bits per heavy atom. The zero-order valence-electron chi connectivity index (χ0n) is 12.3. The largest absolute Gasteiger partial charge is 0.467 e. The number of benzene rings is 1. The number of rotatable bonds is 5. The number of para-hydroxylation sites is 1. The van der Waals surface area contributed by atoms with E-state index in [4.69, 9.17) is 4.42 Å². The molecule has 3 rings (SSSR count). The predicted octanol–water partition coefficient (Wildman–Crippen LogP) is 1.36. The minimum absolute atomic E-state index is 0.0612. The van der Waals surface area contributed by atoms with Crippen LogP contribution in [0.25, 0.3) is 0 Å². The summed E-state index contributed by atoms with van der Waals surface area (Å²) in [5, 5.41) is 2.61. The zero-order chi connectivity index (χ0) is 16.2. The van der Waals surface area contributed by atoms with Crippen LogP contribution in [-0.2, 0) is 16.1 Å². The number of hydrogen-bond acceptors (Lipinski definition) is 4. The average molecular weight is 313 g/mol. The van der Waals surface area contributed by atoms with Crippen LogP contribution in [0.15, 0.2) is 53.1 Å². The molecule has 2 aromatic rings. The fourth-order valence-electron chi connectivity index (χ4n) is 2.30. The topological polar surface area (TPSA) is 82.9 Å². The maximum atomic E-state index is 12.3. The number of hydrogen-bond donors (Lipinski definition) is 1. The maximum absolute atomic E-state index is 12.3. The molecule has 1 fully saturated rings. The summed E-state index contributed by atoms with van der Waals surface area (Å²) in [4.78, 5) is 38.5. The van der Waals surface area contributed by atoms with Crippen LogP contribution in [0.2, 0.25) is 0 Å². The second-order valence-corrected chi connectivity index (χ2v) is 5.04. The summed E-state index contributed by atoms with van der Waals surface area (Å²) in [5.74, 6) is -0.214. The van der Waals surface area contributed by atoms with E-state index in [2.05, 4.69) is 5.32 Å². The lowest BCUT2D eigenvalue weighted by atomic mass is 10.3. The van der Waals surface area contributed by atoms with Gasteiger partial charge in [-0.25, -0.2) is 4.79 Å². The molecule has 2 heterocycles. The van der Waals surface area contributed by atoms with Gasteiger partial charge in [-0.15, -0.1) is 0 Å². The van der Waals surface area contributed by atoms with E-state index >= 15 is 0 Å². The molecule has 1 N–H and O–H groups in total. The van der Waals surface area contributed by atoms with E-state index in [9.17, 15) is 14.4 Å². The Hall–Kier alpha value is -3.09. The summed E-state index contributed by atoms with van der Waals surface area (Å²) in [6.07, 6.45) is 1.51. The fourth-order valence-corrected chi connectivity index (χ4v) is 2.30. The number of imide groups is 1. The molecule has 7 nitrogen and oxygen atoms in total. The van der Waals surface area contributed by atoms with E-state index in [1.165, 1.54) is 11.2 Å². The number of furan rings is 1. The molecule has 0 unspecified atom stereocenters. The van der Waals surface area contributed by atoms with Crippen LogP contribution in [-0.4, -0.2) is 35.8 Å². The van der Waals surface area contributed by atoms with Crippen LogP contribution < -0.4 is 10.2 Å². The summed E-state index contributed by atoms with van der Waals surface area (Å²) >= 11 is 0. The zero-order valence-corrected chi connectivity index (χ0v) is 12.3. The lowest BCUT2D eigenvalue weighted by molar-refractivity contribution is -0.130. The molecule has 1 aliphatic rings. The number of amides is 4. The normalized spacial score (nSPS) is 14.4. The minimum atomic E-state index is -0.491. The van der Waals surface area contributed by atoms with Gasteiger partial charge in [0.2, 0.25) is 5.91 Å². The van der Waals surface area contributed by atoms with Crippen molar-refractivity contribution in [2.45, 2.75) is 6.54 Å². The summed E-state index contributed by atoms with van der Waals surface area (Å²) in [5.41, 5.74) is 0.629. The van der Waals surface area contributed by atoms with Crippen molar-refractivity contribution in [3.63, 3.8) is 0 Å². The lowest BCUT2D eigenvalue weighted by Gasteiger charge is -2.16. The minimum Gasteiger partial charge on any atom is -0.467 e. The molecular weight excluding hydrogens is 298 g/mol. The number of carbonyl (C=O) groups excluding carboxylic acids is 3. The molecular formula is C16H15N3O4. The number of nitrogens with zero attached hydrogens (tertiary/aromatic N) is 2. The van der Waals surface area contributed by atoms with Crippen molar-refractivity contribution in [3.05, 3.63) is 54.5 Å². The van der Waals surface area contributed by atoms with E-state index in [0.29, 0.717) is 11.4 Å². The van der Waals surface area contributed by atoms with Gasteiger partial charge in [0.05, 0.1) is 12.8 Å². The summed E-state index contributed by atoms with van der Waals surface area (Å²) in [6.45, 7) is -0.152. The van der Waals surface area contributed by atoms with Gasteiger partial charge in [-0.2, -0.15) is 0 Å². The first-order valence-electron chi connectivity index (χ1n) is 7.11. The summed E-state index contributed by atoms with van der Waals surface area (Å²) < 4.78 is 5.10. The second kappa shape index (κ2) is 6.35. The van der Waals surface area contributed by atoms with Gasteiger partial charge < -0.3 is 9.73 Å². The Kier molecular flexibility index (Phi) is 4.09. The highest BCUT2D eigenvalue weighted by Crippen LogP contribution is 2.20. The molecule has 0 spiro atoms. The Morgan fingerprint density at radius 1 is 1.13 bits per heavy atom. The molecule has 1 aliphatic heterocycles. The van der Waals surface area contributed by atoms with Crippen molar-refractivity contribution in [3.8, 4) is 0 Å². The number of carbonyl (C=O) groups is 3. The first-order valence-corrected chi connectivity index (χ1v) is 7.11. The van der Waals surface area contributed by atoms with E-state index in [-0.39, 0.29) is 19.6 Å². The molecule has 1 aromatic carbocycles. The third-order valence-electron chi connectivity index (χ3n) is 3.47. The Balaban J connectivity index is 1.60. The van der Waals surface area contributed by atoms with Crippen LogP contribution >= 0.6 is 0 Å². The molecule has 0 atom stereocenters. The first-order chi connectivity index (χ1) is 11.1. The predicted molar refractivity (Wildman–Crippen MR) is 81.5 cm³/mol. The number of nitrogens with one attached hydrogen (secondary N) is 1. The Labute approximate surface area is 132 Å². The van der Waals surface area contributed by atoms with E-state index in [1.54, 1.807) is 36.4 Å². The molecule has 0 radical (unpaired) electrons. The molecule has 1 aromatic heterocycles. The Morgan fingerprint density at radius 3 is 2.61 bits per heavy atom. The third kappa shape index (κ3) is 3.23. The van der Waals surface area contributed by atoms with Gasteiger partial charge in [-0.05, 0) is 24.3 Å². The van der Waals surface area contributed by atoms with Crippen molar-refractivity contribution in [1.29, 1.82) is 0 Å². The molecule has 0 aliphatic carbocycles. The molecule has 7 heteroatoms. The van der Waals surface area contributed by atoms with E-state index in [1.807, 2.05) is 6.07 Å². The standard InChI is InChI=1S/C16H15N3O4/c20-14(17-9-13-7-4-8-23-13)10-19-15(21)11-18(16(19)22)12-5-2-1-3-6-12/h1-8H,9-11H2,(H,17,20). The van der Waals surface area contributed by atoms with Gasteiger partial charge >= 0.3 is 6.03 Å². The summed E-state index contributed by atoms with van der Waals surface area (Å²) in [6, 6.07) is 11.8. The van der Waals surface area contributed by atoms with Crippen LogP contribution in [0.3, 0.4) is 0 Å². The Bertz CT molecular complexity index is 712. The van der Waals surface area contributed by atoms with Crippen LogP contribution in [0, 0.1) is 0 Å². The highest BCUT2D eigenvalue weighted by molar-refractivity contribution is 6.13. The average Bonchev–Trinajstić information content (AvgIpc) is 3.17. The monoisotopic (exact) mass is 313 g/mol. The van der Waals surface area contributed by atoms with Gasteiger partial charge in [-0.1, -0.05) is 18.2 Å². The van der Waals surface area contributed by atoms with Crippen molar-refractivity contribution in [2.24, 2.45) is 0 Å². The van der Waals surface area contributed by atoms with E-state index in [0.717, 1.165) is 4.90 Å². The lowest BCUT2D eigenvalue weighted by Crippen LogP contribution is -2.41. The summed E-state index contributed by atoms with van der Waals surface area (Å²) in [7, 11) is 0. The van der Waals surface area contributed by atoms with Crippen LogP contribution in [0.5, 0.6) is 0 Å². The number of anilines is 1. The molecule has 1 saturated heterocycles. The second-order valence-electron chi connectivity index (χ2n) is 5.04. The molecule has 0 saturated carbocycles. The van der Waals surface area contributed by atoms with Gasteiger partial charge in [0.15, 0.2) is 0 Å².